The number of nitrogens with zero attached hydrogens (tertiary/aromatic N) is 5. The Labute approximate surface area is 140 Å². The fourth-order valence-corrected chi connectivity index (χ4v) is 3.07. The van der Waals surface area contributed by atoms with Gasteiger partial charge in [-0.3, -0.25) is 9.88 Å². The molecule has 1 atom stereocenters. The van der Waals surface area contributed by atoms with Gasteiger partial charge in [-0.2, -0.15) is 0 Å². The molecule has 0 bridgehead atoms. The van der Waals surface area contributed by atoms with Crippen LogP contribution in [0.5, 0.6) is 6.01 Å². The molecule has 0 spiro atoms. The van der Waals surface area contributed by atoms with Gasteiger partial charge < -0.3 is 9.30 Å². The highest BCUT2D eigenvalue weighted by molar-refractivity contribution is 5.12. The Balaban J connectivity index is 1.54. The zero-order chi connectivity index (χ0) is 16.2. The average molecular weight is 321 g/mol. The number of rotatable bonds is 4. The molecule has 0 saturated heterocycles. The molecule has 3 aromatic heterocycles. The third-order valence-corrected chi connectivity index (χ3v) is 4.11. The van der Waals surface area contributed by atoms with Gasteiger partial charge in [0.2, 0.25) is 0 Å². The Morgan fingerprint density at radius 3 is 2.79 bits per heavy atom. The van der Waals surface area contributed by atoms with Gasteiger partial charge >= 0.3 is 6.01 Å². The number of fused-ring (bicyclic) bond motifs is 1. The van der Waals surface area contributed by atoms with Crippen LogP contribution in [0.2, 0.25) is 0 Å². The molecule has 0 N–H and O–H groups in total. The molecule has 3 aromatic rings. The van der Waals surface area contributed by atoms with Crippen molar-refractivity contribution >= 4 is 0 Å². The molecule has 0 aromatic carbocycles. The zero-order valence-electron chi connectivity index (χ0n) is 13.3. The van der Waals surface area contributed by atoms with Crippen LogP contribution in [0.3, 0.4) is 0 Å². The van der Waals surface area contributed by atoms with Crippen molar-refractivity contribution in [3.8, 4) is 6.01 Å². The van der Waals surface area contributed by atoms with Crippen molar-refractivity contribution in [1.82, 2.24) is 24.4 Å². The van der Waals surface area contributed by atoms with E-state index in [0.717, 1.165) is 26.2 Å². The lowest BCUT2D eigenvalue weighted by atomic mass is 10.2. The molecular weight excluding hydrogens is 302 g/mol. The molecule has 6 heteroatoms. The SMILES string of the molecule is c1cnc(OC2CN(Cc3cccnc3)Cc3cccn3C2)nc1. The van der Waals surface area contributed by atoms with E-state index in [4.69, 9.17) is 4.74 Å². The van der Waals surface area contributed by atoms with Gasteiger partial charge in [0.25, 0.3) is 0 Å². The third-order valence-electron chi connectivity index (χ3n) is 4.11. The van der Waals surface area contributed by atoms with Crippen LogP contribution in [0.15, 0.2) is 61.3 Å². The number of hydrogen-bond donors (Lipinski definition) is 0. The highest BCUT2D eigenvalue weighted by Gasteiger charge is 2.23. The minimum Gasteiger partial charge on any atom is -0.457 e. The standard InChI is InChI=1S/C18H19N5O/c1-4-15(10-19-6-1)11-22-12-16-5-2-9-23(16)14-17(13-22)24-18-20-7-3-8-21-18/h1-10,17H,11-14H2. The second-order valence-corrected chi connectivity index (χ2v) is 5.95. The second kappa shape index (κ2) is 6.80. The van der Waals surface area contributed by atoms with Crippen LogP contribution >= 0.6 is 0 Å². The van der Waals surface area contributed by atoms with Crippen molar-refractivity contribution in [3.05, 3.63) is 72.6 Å². The van der Waals surface area contributed by atoms with Crippen molar-refractivity contribution in [3.63, 3.8) is 0 Å². The first-order valence-electron chi connectivity index (χ1n) is 8.06. The topological polar surface area (TPSA) is 56.1 Å². The number of aromatic nitrogens is 4. The maximum Gasteiger partial charge on any atom is 0.316 e. The molecule has 1 aliphatic rings. The Morgan fingerprint density at radius 2 is 1.96 bits per heavy atom. The van der Waals surface area contributed by atoms with Crippen molar-refractivity contribution in [2.45, 2.75) is 25.7 Å². The maximum atomic E-state index is 6.03. The summed E-state index contributed by atoms with van der Waals surface area (Å²) in [5.74, 6) is 0. The minimum absolute atomic E-state index is 0.00211. The molecule has 6 nitrogen and oxygen atoms in total. The van der Waals surface area contributed by atoms with Crippen LogP contribution < -0.4 is 4.74 Å². The van der Waals surface area contributed by atoms with Crippen LogP contribution in [-0.4, -0.2) is 37.1 Å². The van der Waals surface area contributed by atoms with E-state index >= 15 is 0 Å². The molecular formula is C18H19N5O. The molecule has 0 aliphatic carbocycles. The molecule has 0 fully saturated rings. The van der Waals surface area contributed by atoms with Gasteiger partial charge in [-0.05, 0) is 29.8 Å². The Morgan fingerprint density at radius 1 is 1.04 bits per heavy atom. The van der Waals surface area contributed by atoms with Crippen LogP contribution in [0.1, 0.15) is 11.3 Å². The predicted molar refractivity (Wildman–Crippen MR) is 89.2 cm³/mol. The average Bonchev–Trinajstić information content (AvgIpc) is 2.96. The van der Waals surface area contributed by atoms with E-state index in [1.165, 1.54) is 11.3 Å². The smallest absolute Gasteiger partial charge is 0.316 e. The highest BCUT2D eigenvalue weighted by atomic mass is 16.5. The van der Waals surface area contributed by atoms with Gasteiger partial charge in [-0.1, -0.05) is 6.07 Å². The third kappa shape index (κ3) is 3.44. The maximum absolute atomic E-state index is 6.03. The minimum atomic E-state index is -0.00211. The molecule has 1 unspecified atom stereocenters. The van der Waals surface area contributed by atoms with Crippen LogP contribution in [0, 0.1) is 0 Å². The van der Waals surface area contributed by atoms with Crippen LogP contribution in [-0.2, 0) is 19.6 Å². The summed E-state index contributed by atoms with van der Waals surface area (Å²) in [5.41, 5.74) is 2.49. The van der Waals surface area contributed by atoms with Crippen molar-refractivity contribution < 1.29 is 4.74 Å². The van der Waals surface area contributed by atoms with Crippen molar-refractivity contribution in [2.75, 3.05) is 6.54 Å². The summed E-state index contributed by atoms with van der Waals surface area (Å²) >= 11 is 0. The van der Waals surface area contributed by atoms with E-state index in [2.05, 4.69) is 48.8 Å². The quantitative estimate of drug-likeness (QED) is 0.737. The van der Waals surface area contributed by atoms with Gasteiger partial charge in [-0.15, -0.1) is 0 Å². The first kappa shape index (κ1) is 14.8. The van der Waals surface area contributed by atoms with E-state index in [1.807, 2.05) is 12.3 Å². The normalized spacial score (nSPS) is 17.9. The van der Waals surface area contributed by atoms with Gasteiger partial charge in [0.05, 0.1) is 6.54 Å². The first-order chi connectivity index (χ1) is 11.9. The fraction of sp³-hybridized carbons (Fsp3) is 0.278. The van der Waals surface area contributed by atoms with Crippen LogP contribution in [0.25, 0.3) is 0 Å². The van der Waals surface area contributed by atoms with Gasteiger partial charge in [0, 0.05) is 56.3 Å². The highest BCUT2D eigenvalue weighted by Crippen LogP contribution is 2.18. The molecule has 4 rings (SSSR count). The first-order valence-corrected chi connectivity index (χ1v) is 8.06. The lowest BCUT2D eigenvalue weighted by Crippen LogP contribution is -2.35. The second-order valence-electron chi connectivity index (χ2n) is 5.95. The molecule has 122 valence electrons. The predicted octanol–water partition coefficient (Wildman–Crippen LogP) is 2.14. The van der Waals surface area contributed by atoms with Gasteiger partial charge in [-0.25, -0.2) is 9.97 Å². The summed E-state index contributed by atoms with van der Waals surface area (Å²) in [7, 11) is 0. The van der Waals surface area contributed by atoms with Gasteiger partial charge in [0.15, 0.2) is 0 Å². The Kier molecular flexibility index (Phi) is 4.20. The summed E-state index contributed by atoms with van der Waals surface area (Å²) in [6.07, 6.45) is 9.22. The Hall–Kier alpha value is -2.73. The summed E-state index contributed by atoms with van der Waals surface area (Å²) < 4.78 is 8.28. The summed E-state index contributed by atoms with van der Waals surface area (Å²) in [6, 6.07) is 10.5. The van der Waals surface area contributed by atoms with E-state index in [9.17, 15) is 0 Å². The molecule has 4 heterocycles. The zero-order valence-corrected chi connectivity index (χ0v) is 13.3. The van der Waals surface area contributed by atoms with Crippen molar-refractivity contribution in [1.29, 1.82) is 0 Å². The monoisotopic (exact) mass is 321 g/mol. The summed E-state index contributed by atoms with van der Waals surface area (Å²) in [4.78, 5) is 15.0. The number of pyridine rings is 1. The molecule has 0 amide bonds. The summed E-state index contributed by atoms with van der Waals surface area (Å²) in [6.45, 7) is 3.34. The Bertz CT molecular complexity index is 710. The molecule has 1 aliphatic heterocycles. The largest absolute Gasteiger partial charge is 0.457 e. The lowest BCUT2D eigenvalue weighted by molar-refractivity contribution is 0.114. The van der Waals surface area contributed by atoms with Gasteiger partial charge in [0.1, 0.15) is 6.10 Å². The lowest BCUT2D eigenvalue weighted by Gasteiger charge is -2.23. The molecule has 0 saturated carbocycles. The van der Waals surface area contributed by atoms with Crippen LogP contribution in [0.4, 0.5) is 0 Å². The van der Waals surface area contributed by atoms with E-state index in [1.54, 1.807) is 24.7 Å². The summed E-state index contributed by atoms with van der Waals surface area (Å²) in [5, 5.41) is 0. The molecule has 0 radical (unpaired) electrons. The van der Waals surface area contributed by atoms with E-state index < -0.39 is 0 Å². The molecule has 24 heavy (non-hydrogen) atoms. The number of ether oxygens (including phenoxy) is 1. The van der Waals surface area contributed by atoms with E-state index in [-0.39, 0.29) is 6.10 Å². The van der Waals surface area contributed by atoms with Crippen molar-refractivity contribution in [2.24, 2.45) is 0 Å². The van der Waals surface area contributed by atoms with E-state index in [0.29, 0.717) is 6.01 Å². The number of hydrogen-bond acceptors (Lipinski definition) is 5. The fourth-order valence-electron chi connectivity index (χ4n) is 3.07.